The Morgan fingerprint density at radius 3 is 2.67 bits per heavy atom. The van der Waals surface area contributed by atoms with Crippen molar-refractivity contribution >= 4 is 11.9 Å². The molecule has 0 aromatic heterocycles. The summed E-state index contributed by atoms with van der Waals surface area (Å²) >= 11 is 0. The second kappa shape index (κ2) is 5.13. The van der Waals surface area contributed by atoms with Crippen molar-refractivity contribution in [2.45, 2.75) is 44.7 Å². The standard InChI is InChI=1S/C16H18FNO3/c1-9-2-3-10(17)8-13(9)15-12(16(20)21)6-7-14(19)18(15)11-4-5-11/h2-3,8,11-12,15H,4-7H2,1H3,(H,20,21). The van der Waals surface area contributed by atoms with E-state index in [1.165, 1.54) is 12.1 Å². The first-order valence-corrected chi connectivity index (χ1v) is 7.29. The van der Waals surface area contributed by atoms with Crippen LogP contribution in [0.2, 0.25) is 0 Å². The summed E-state index contributed by atoms with van der Waals surface area (Å²) in [5, 5.41) is 9.50. The van der Waals surface area contributed by atoms with Gasteiger partial charge in [-0.25, -0.2) is 4.39 Å². The molecule has 2 aliphatic rings. The quantitative estimate of drug-likeness (QED) is 0.931. The predicted octanol–water partition coefficient (Wildman–Crippen LogP) is 2.66. The van der Waals surface area contributed by atoms with Gasteiger partial charge in [-0.15, -0.1) is 0 Å². The highest BCUT2D eigenvalue weighted by atomic mass is 19.1. The maximum atomic E-state index is 13.6. The molecular weight excluding hydrogens is 273 g/mol. The van der Waals surface area contributed by atoms with Crippen molar-refractivity contribution in [2.24, 2.45) is 5.92 Å². The molecule has 21 heavy (non-hydrogen) atoms. The van der Waals surface area contributed by atoms with Crippen molar-refractivity contribution in [3.8, 4) is 0 Å². The van der Waals surface area contributed by atoms with Crippen LogP contribution in [-0.2, 0) is 9.59 Å². The molecule has 1 aliphatic heterocycles. The molecule has 2 fully saturated rings. The number of hydrogen-bond donors (Lipinski definition) is 1. The minimum Gasteiger partial charge on any atom is -0.481 e. The molecule has 1 amide bonds. The first-order valence-electron chi connectivity index (χ1n) is 7.29. The molecule has 0 spiro atoms. The van der Waals surface area contributed by atoms with Gasteiger partial charge in [-0.05, 0) is 49.4 Å². The van der Waals surface area contributed by atoms with E-state index in [1.54, 1.807) is 11.0 Å². The lowest BCUT2D eigenvalue weighted by Crippen LogP contribution is -2.46. The fourth-order valence-corrected chi connectivity index (χ4v) is 3.25. The van der Waals surface area contributed by atoms with Crippen LogP contribution in [0.3, 0.4) is 0 Å². The Kier molecular flexibility index (Phi) is 3.43. The van der Waals surface area contributed by atoms with Crippen LogP contribution in [0.5, 0.6) is 0 Å². The SMILES string of the molecule is Cc1ccc(F)cc1C1C(C(=O)O)CCC(=O)N1C1CC1. The number of amides is 1. The number of carboxylic acids is 1. The number of likely N-dealkylation sites (tertiary alicyclic amines) is 1. The number of aliphatic carboxylic acids is 1. The van der Waals surface area contributed by atoms with Gasteiger partial charge in [0.2, 0.25) is 5.91 Å². The Labute approximate surface area is 122 Å². The molecule has 0 radical (unpaired) electrons. The summed E-state index contributed by atoms with van der Waals surface area (Å²) in [7, 11) is 0. The zero-order valence-corrected chi connectivity index (χ0v) is 11.9. The zero-order valence-electron chi connectivity index (χ0n) is 11.9. The van der Waals surface area contributed by atoms with E-state index in [0.717, 1.165) is 18.4 Å². The second-order valence-electron chi connectivity index (χ2n) is 5.96. The summed E-state index contributed by atoms with van der Waals surface area (Å²) in [4.78, 5) is 25.6. The molecule has 1 heterocycles. The summed E-state index contributed by atoms with van der Waals surface area (Å²) < 4.78 is 13.6. The van der Waals surface area contributed by atoms with Crippen molar-refractivity contribution in [2.75, 3.05) is 0 Å². The topological polar surface area (TPSA) is 57.6 Å². The largest absolute Gasteiger partial charge is 0.481 e. The van der Waals surface area contributed by atoms with E-state index in [4.69, 9.17) is 0 Å². The van der Waals surface area contributed by atoms with Crippen LogP contribution in [0.25, 0.3) is 0 Å². The lowest BCUT2D eigenvalue weighted by molar-refractivity contribution is -0.152. The molecule has 2 unspecified atom stereocenters. The molecule has 1 aromatic rings. The Bertz CT molecular complexity index is 597. The van der Waals surface area contributed by atoms with Gasteiger partial charge in [-0.1, -0.05) is 6.07 Å². The van der Waals surface area contributed by atoms with Crippen LogP contribution >= 0.6 is 0 Å². The number of carbonyl (C=O) groups excluding carboxylic acids is 1. The molecule has 3 rings (SSSR count). The van der Waals surface area contributed by atoms with Gasteiger partial charge in [0, 0.05) is 12.5 Å². The molecule has 1 saturated carbocycles. The Balaban J connectivity index is 2.08. The number of benzene rings is 1. The molecule has 5 heteroatoms. The van der Waals surface area contributed by atoms with Gasteiger partial charge in [0.05, 0.1) is 12.0 Å². The van der Waals surface area contributed by atoms with Crippen LogP contribution in [-0.4, -0.2) is 27.9 Å². The fourth-order valence-electron chi connectivity index (χ4n) is 3.25. The molecular formula is C16H18FNO3. The molecule has 2 atom stereocenters. The lowest BCUT2D eigenvalue weighted by atomic mass is 9.82. The van der Waals surface area contributed by atoms with E-state index in [2.05, 4.69) is 0 Å². The molecule has 112 valence electrons. The molecule has 4 nitrogen and oxygen atoms in total. The van der Waals surface area contributed by atoms with Gasteiger partial charge in [-0.3, -0.25) is 9.59 Å². The van der Waals surface area contributed by atoms with E-state index in [9.17, 15) is 19.1 Å². The third-order valence-electron chi connectivity index (χ3n) is 4.46. The van der Waals surface area contributed by atoms with Crippen molar-refractivity contribution < 1.29 is 19.1 Å². The molecule has 1 N–H and O–H groups in total. The second-order valence-corrected chi connectivity index (χ2v) is 5.96. The maximum Gasteiger partial charge on any atom is 0.308 e. The summed E-state index contributed by atoms with van der Waals surface area (Å²) in [6.07, 6.45) is 2.39. The number of aryl methyl sites for hydroxylation is 1. The number of halogens is 1. The van der Waals surface area contributed by atoms with Crippen LogP contribution < -0.4 is 0 Å². The van der Waals surface area contributed by atoms with Crippen LogP contribution in [0.1, 0.15) is 42.9 Å². The van der Waals surface area contributed by atoms with Gasteiger partial charge < -0.3 is 10.0 Å². The van der Waals surface area contributed by atoms with E-state index in [-0.39, 0.29) is 18.4 Å². The van der Waals surface area contributed by atoms with E-state index >= 15 is 0 Å². The molecule has 1 aliphatic carbocycles. The van der Waals surface area contributed by atoms with Crippen molar-refractivity contribution in [3.05, 3.63) is 35.1 Å². The smallest absolute Gasteiger partial charge is 0.308 e. The van der Waals surface area contributed by atoms with Crippen molar-refractivity contribution in [1.82, 2.24) is 4.90 Å². The number of carbonyl (C=O) groups is 2. The number of nitrogens with zero attached hydrogens (tertiary/aromatic N) is 1. The maximum absolute atomic E-state index is 13.6. The van der Waals surface area contributed by atoms with E-state index in [0.29, 0.717) is 12.0 Å². The third kappa shape index (κ3) is 2.52. The zero-order chi connectivity index (χ0) is 15.1. The van der Waals surface area contributed by atoms with E-state index < -0.39 is 23.7 Å². The summed E-state index contributed by atoms with van der Waals surface area (Å²) in [6.45, 7) is 1.83. The van der Waals surface area contributed by atoms with Crippen LogP contribution in [0, 0.1) is 18.7 Å². The normalized spacial score (nSPS) is 26.0. The monoisotopic (exact) mass is 291 g/mol. The minimum absolute atomic E-state index is 0.0105. The molecule has 1 saturated heterocycles. The predicted molar refractivity (Wildman–Crippen MR) is 74.1 cm³/mol. The minimum atomic E-state index is -0.915. The lowest BCUT2D eigenvalue weighted by Gasteiger charge is -2.40. The number of piperidine rings is 1. The average Bonchev–Trinajstić information content (AvgIpc) is 3.25. The Morgan fingerprint density at radius 2 is 2.05 bits per heavy atom. The fraction of sp³-hybridized carbons (Fsp3) is 0.500. The summed E-state index contributed by atoms with van der Waals surface area (Å²) in [5.41, 5.74) is 1.45. The number of rotatable bonds is 3. The number of carboxylic acid groups (broad SMARTS) is 1. The highest BCUT2D eigenvalue weighted by Gasteiger charge is 2.47. The molecule has 1 aromatic carbocycles. The number of hydrogen-bond acceptors (Lipinski definition) is 2. The van der Waals surface area contributed by atoms with Gasteiger partial charge in [0.25, 0.3) is 0 Å². The van der Waals surface area contributed by atoms with Crippen LogP contribution in [0.4, 0.5) is 4.39 Å². The summed E-state index contributed by atoms with van der Waals surface area (Å²) in [5.74, 6) is -1.98. The first-order chi connectivity index (χ1) is 9.99. The van der Waals surface area contributed by atoms with Gasteiger partial charge in [0.1, 0.15) is 5.82 Å². The van der Waals surface area contributed by atoms with Crippen molar-refractivity contribution in [1.29, 1.82) is 0 Å². The van der Waals surface area contributed by atoms with Gasteiger partial charge in [0.15, 0.2) is 0 Å². The Morgan fingerprint density at radius 1 is 1.33 bits per heavy atom. The third-order valence-corrected chi connectivity index (χ3v) is 4.46. The highest BCUT2D eigenvalue weighted by molar-refractivity contribution is 5.82. The summed E-state index contributed by atoms with van der Waals surface area (Å²) in [6, 6.07) is 3.96. The van der Waals surface area contributed by atoms with Gasteiger partial charge >= 0.3 is 5.97 Å². The van der Waals surface area contributed by atoms with Gasteiger partial charge in [-0.2, -0.15) is 0 Å². The highest BCUT2D eigenvalue weighted by Crippen LogP contribution is 2.44. The van der Waals surface area contributed by atoms with E-state index in [1.807, 2.05) is 6.92 Å². The van der Waals surface area contributed by atoms with Crippen LogP contribution in [0.15, 0.2) is 18.2 Å². The van der Waals surface area contributed by atoms with Crippen molar-refractivity contribution in [3.63, 3.8) is 0 Å². The molecule has 0 bridgehead atoms. The average molecular weight is 291 g/mol. The Hall–Kier alpha value is -1.91. The first kappa shape index (κ1) is 14.0.